The third kappa shape index (κ3) is 3.49. The number of fused-ring (bicyclic) bond motifs is 1. The van der Waals surface area contributed by atoms with Crippen LogP contribution in [0.25, 0.3) is 0 Å². The molecule has 0 radical (unpaired) electrons. The van der Waals surface area contributed by atoms with Gasteiger partial charge in [-0.25, -0.2) is 21.6 Å². The minimum absolute atomic E-state index is 0.100. The maximum atomic E-state index is 14.5. The summed E-state index contributed by atoms with van der Waals surface area (Å²) in [6.45, 7) is 1.04. The normalized spacial score (nSPS) is 14.0. The van der Waals surface area contributed by atoms with Gasteiger partial charge >= 0.3 is 0 Å². The van der Waals surface area contributed by atoms with Gasteiger partial charge in [-0.05, 0) is 30.5 Å². The Labute approximate surface area is 158 Å². The van der Waals surface area contributed by atoms with Gasteiger partial charge in [0, 0.05) is 19.5 Å². The van der Waals surface area contributed by atoms with Crippen LogP contribution in [0.2, 0.25) is 5.02 Å². The third-order valence-electron chi connectivity index (χ3n) is 4.11. The number of anilines is 2. The van der Waals surface area contributed by atoms with Crippen LogP contribution >= 0.6 is 11.6 Å². The summed E-state index contributed by atoms with van der Waals surface area (Å²) in [7, 11) is -4.56. The lowest BCUT2D eigenvalue weighted by Crippen LogP contribution is -2.37. The van der Waals surface area contributed by atoms with E-state index in [-0.39, 0.29) is 17.3 Å². The lowest BCUT2D eigenvalue weighted by molar-refractivity contribution is -0.114. The molecule has 1 N–H and O–H groups in total. The first-order valence-electron chi connectivity index (χ1n) is 7.89. The largest absolute Gasteiger partial charge is 0.325 e. The van der Waals surface area contributed by atoms with E-state index < -0.39 is 44.0 Å². The van der Waals surface area contributed by atoms with Crippen molar-refractivity contribution >= 4 is 38.9 Å². The molecule has 3 rings (SSSR count). The molecule has 0 spiro atoms. The number of sulfonamides is 1. The Bertz CT molecular complexity index is 1040. The van der Waals surface area contributed by atoms with Crippen molar-refractivity contribution in [3.8, 4) is 0 Å². The van der Waals surface area contributed by atoms with Gasteiger partial charge in [0.25, 0.3) is 10.0 Å². The number of carbonyl (C=O) groups excluding carboxylic acids is 1. The number of hydrogen-bond donors (Lipinski definition) is 1. The predicted molar refractivity (Wildman–Crippen MR) is 94.9 cm³/mol. The summed E-state index contributed by atoms with van der Waals surface area (Å²) in [4.78, 5) is 10.3. The minimum atomic E-state index is -4.56. The summed E-state index contributed by atoms with van der Waals surface area (Å²) < 4.78 is 69.1. The molecule has 2 aromatic carbocycles. The first-order valence-corrected chi connectivity index (χ1v) is 9.71. The Morgan fingerprint density at radius 1 is 1.19 bits per heavy atom. The topological polar surface area (TPSA) is 66.5 Å². The van der Waals surface area contributed by atoms with Gasteiger partial charge in [0.15, 0.2) is 11.6 Å². The van der Waals surface area contributed by atoms with Gasteiger partial charge in [-0.2, -0.15) is 0 Å². The Kier molecular flexibility index (Phi) is 5.09. The molecule has 0 atom stereocenters. The molecule has 10 heteroatoms. The second-order valence-electron chi connectivity index (χ2n) is 5.99. The first kappa shape index (κ1) is 19.5. The van der Waals surface area contributed by atoms with Gasteiger partial charge in [0.1, 0.15) is 10.7 Å². The van der Waals surface area contributed by atoms with Crippen molar-refractivity contribution in [3.05, 3.63) is 52.3 Å². The number of carbonyl (C=O) groups is 1. The maximum Gasteiger partial charge on any atom is 0.267 e. The molecule has 1 heterocycles. The highest BCUT2D eigenvalue weighted by Crippen LogP contribution is 2.37. The molecule has 0 bridgehead atoms. The molecule has 27 heavy (non-hydrogen) atoms. The summed E-state index contributed by atoms with van der Waals surface area (Å²) in [6.07, 6.45) is 0.722. The van der Waals surface area contributed by atoms with E-state index in [0.717, 1.165) is 18.2 Å². The molecular formula is C17H14ClF3N2O3S. The Morgan fingerprint density at radius 2 is 1.89 bits per heavy atom. The second-order valence-corrected chi connectivity index (χ2v) is 8.23. The van der Waals surface area contributed by atoms with Gasteiger partial charge in [-0.1, -0.05) is 17.7 Å². The lowest BCUT2D eigenvalue weighted by atomic mass is 10.0. The third-order valence-corrected chi connectivity index (χ3v) is 6.24. The molecule has 1 aliphatic rings. The van der Waals surface area contributed by atoms with Crippen molar-refractivity contribution in [2.24, 2.45) is 0 Å². The fraction of sp³-hybridized carbons (Fsp3) is 0.235. The summed E-state index contributed by atoms with van der Waals surface area (Å²) in [5.41, 5.74) is -0.218. The summed E-state index contributed by atoms with van der Waals surface area (Å²) in [5.74, 6) is -4.20. The Hall–Kier alpha value is -2.26. The standard InChI is InChI=1S/C17H14ClF3N2O3S/c1-9(24)22-14-8-13(20)15(7-11(14)18)27(25,26)23-6-2-3-10-4-5-12(19)16(21)17(10)23/h4-5,7-8H,2-3,6H2,1H3,(H,22,24). The van der Waals surface area contributed by atoms with Crippen molar-refractivity contribution in [2.75, 3.05) is 16.2 Å². The highest BCUT2D eigenvalue weighted by molar-refractivity contribution is 7.92. The SMILES string of the molecule is CC(=O)Nc1cc(F)c(S(=O)(=O)N2CCCc3ccc(F)c(F)c32)cc1Cl. The van der Waals surface area contributed by atoms with E-state index in [1.165, 1.54) is 13.0 Å². The van der Waals surface area contributed by atoms with Crippen LogP contribution in [0.1, 0.15) is 18.9 Å². The molecule has 0 aliphatic carbocycles. The number of halogens is 4. The van der Waals surface area contributed by atoms with E-state index in [0.29, 0.717) is 22.7 Å². The van der Waals surface area contributed by atoms with E-state index >= 15 is 0 Å². The summed E-state index contributed by atoms with van der Waals surface area (Å²) in [6, 6.07) is 3.83. The number of hydrogen-bond acceptors (Lipinski definition) is 3. The molecule has 1 aliphatic heterocycles. The van der Waals surface area contributed by atoms with Gasteiger partial charge in [0.2, 0.25) is 5.91 Å². The smallest absolute Gasteiger partial charge is 0.267 e. The van der Waals surface area contributed by atoms with Crippen molar-refractivity contribution < 1.29 is 26.4 Å². The molecule has 0 aromatic heterocycles. The molecule has 1 amide bonds. The number of aryl methyl sites for hydroxylation is 1. The number of nitrogens with one attached hydrogen (secondary N) is 1. The zero-order valence-electron chi connectivity index (χ0n) is 14.0. The van der Waals surface area contributed by atoms with Crippen molar-refractivity contribution in [2.45, 2.75) is 24.7 Å². The first-order chi connectivity index (χ1) is 12.6. The van der Waals surface area contributed by atoms with E-state index in [4.69, 9.17) is 11.6 Å². The van der Waals surface area contributed by atoms with Crippen molar-refractivity contribution in [1.82, 2.24) is 0 Å². The minimum Gasteiger partial charge on any atom is -0.325 e. The van der Waals surface area contributed by atoms with Crippen LogP contribution in [-0.4, -0.2) is 20.9 Å². The zero-order valence-corrected chi connectivity index (χ0v) is 15.6. The molecule has 0 unspecified atom stereocenters. The maximum absolute atomic E-state index is 14.5. The quantitative estimate of drug-likeness (QED) is 0.823. The lowest BCUT2D eigenvalue weighted by Gasteiger charge is -2.31. The molecule has 0 saturated heterocycles. The fourth-order valence-electron chi connectivity index (χ4n) is 2.95. The van der Waals surface area contributed by atoms with E-state index in [9.17, 15) is 26.4 Å². The van der Waals surface area contributed by atoms with Crippen LogP contribution in [0, 0.1) is 17.5 Å². The van der Waals surface area contributed by atoms with Crippen LogP contribution in [0.4, 0.5) is 24.5 Å². The summed E-state index contributed by atoms with van der Waals surface area (Å²) >= 11 is 5.95. The average molecular weight is 419 g/mol. The number of nitrogens with zero attached hydrogens (tertiary/aromatic N) is 1. The molecule has 0 fully saturated rings. The number of benzene rings is 2. The predicted octanol–water partition coefficient (Wildman–Crippen LogP) is 3.86. The molecule has 0 saturated carbocycles. The highest BCUT2D eigenvalue weighted by atomic mass is 35.5. The second kappa shape index (κ2) is 7.05. The van der Waals surface area contributed by atoms with Crippen LogP contribution in [0.15, 0.2) is 29.2 Å². The van der Waals surface area contributed by atoms with Crippen LogP contribution < -0.4 is 9.62 Å². The Morgan fingerprint density at radius 3 is 2.56 bits per heavy atom. The molecule has 5 nitrogen and oxygen atoms in total. The van der Waals surface area contributed by atoms with E-state index in [2.05, 4.69) is 5.32 Å². The average Bonchev–Trinajstić information content (AvgIpc) is 2.60. The van der Waals surface area contributed by atoms with Crippen LogP contribution in [0.3, 0.4) is 0 Å². The van der Waals surface area contributed by atoms with E-state index in [1.54, 1.807) is 0 Å². The van der Waals surface area contributed by atoms with E-state index in [1.807, 2.05) is 0 Å². The number of rotatable bonds is 3. The van der Waals surface area contributed by atoms with Crippen LogP contribution in [0.5, 0.6) is 0 Å². The van der Waals surface area contributed by atoms with Crippen molar-refractivity contribution in [1.29, 1.82) is 0 Å². The number of amides is 1. The van der Waals surface area contributed by atoms with Gasteiger partial charge < -0.3 is 5.32 Å². The van der Waals surface area contributed by atoms with Gasteiger partial charge in [-0.15, -0.1) is 0 Å². The monoisotopic (exact) mass is 418 g/mol. The summed E-state index contributed by atoms with van der Waals surface area (Å²) in [5, 5.41) is 2.07. The fourth-order valence-corrected chi connectivity index (χ4v) is 4.84. The highest BCUT2D eigenvalue weighted by Gasteiger charge is 2.35. The molecule has 144 valence electrons. The zero-order chi connectivity index (χ0) is 19.9. The Balaban J connectivity index is 2.13. The van der Waals surface area contributed by atoms with Gasteiger partial charge in [0.05, 0.1) is 16.4 Å². The van der Waals surface area contributed by atoms with Crippen molar-refractivity contribution in [3.63, 3.8) is 0 Å². The molecular weight excluding hydrogens is 405 g/mol. The van der Waals surface area contributed by atoms with Crippen LogP contribution in [-0.2, 0) is 21.2 Å². The van der Waals surface area contributed by atoms with Gasteiger partial charge in [-0.3, -0.25) is 9.10 Å². The molecule has 2 aromatic rings.